The number of ether oxygens (including phenoxy) is 1. The smallest absolute Gasteiger partial charge is 0.231 e. The molecule has 0 aliphatic carbocycles. The fraction of sp³-hybridized carbons (Fsp3) is 0.0526. The molecule has 2 N–H and O–H groups in total. The average Bonchev–Trinajstić information content (AvgIpc) is 2.69. The fourth-order valence-corrected chi connectivity index (χ4v) is 2.80. The van der Waals surface area contributed by atoms with E-state index in [0.717, 1.165) is 11.4 Å². The number of halogens is 1. The van der Waals surface area contributed by atoms with E-state index >= 15 is 0 Å². The maximum atomic E-state index is 6.19. The molecule has 0 unspecified atom stereocenters. The van der Waals surface area contributed by atoms with E-state index in [1.54, 1.807) is 31.6 Å². The van der Waals surface area contributed by atoms with Crippen molar-refractivity contribution >= 4 is 45.9 Å². The molecule has 0 aliphatic heterocycles. The van der Waals surface area contributed by atoms with Crippen molar-refractivity contribution in [1.82, 2.24) is 19.9 Å². The van der Waals surface area contributed by atoms with Crippen molar-refractivity contribution in [3.63, 3.8) is 0 Å². The first kappa shape index (κ1) is 17.0. The molecule has 0 fully saturated rings. The minimum Gasteiger partial charge on any atom is -0.495 e. The monoisotopic (exact) mass is 378 g/mol. The van der Waals surface area contributed by atoms with Crippen LogP contribution < -0.4 is 15.4 Å². The molecule has 2 heterocycles. The topological polar surface area (TPSA) is 84.9 Å². The number of para-hydroxylation sites is 1. The van der Waals surface area contributed by atoms with Gasteiger partial charge in [-0.1, -0.05) is 29.8 Å². The standard InChI is InChI=1S/C19H15ClN6O/c1-27-15-8-7-13(11-14(15)20)24-19-25-17-16(21-9-10-22-17)18(26-19)23-12-5-3-2-4-6-12/h2-11H,1H3,(H2,22,23,24,25,26). The van der Waals surface area contributed by atoms with E-state index in [9.17, 15) is 0 Å². The first-order valence-corrected chi connectivity index (χ1v) is 8.52. The molecule has 4 rings (SSSR count). The highest BCUT2D eigenvalue weighted by Gasteiger charge is 2.11. The van der Waals surface area contributed by atoms with Gasteiger partial charge in [0.25, 0.3) is 0 Å². The lowest BCUT2D eigenvalue weighted by atomic mass is 10.3. The minimum atomic E-state index is 0.377. The summed E-state index contributed by atoms with van der Waals surface area (Å²) in [7, 11) is 1.57. The van der Waals surface area contributed by atoms with Gasteiger partial charge in [0.2, 0.25) is 5.95 Å². The van der Waals surface area contributed by atoms with Crippen molar-refractivity contribution in [1.29, 1.82) is 0 Å². The average molecular weight is 379 g/mol. The maximum absolute atomic E-state index is 6.19. The summed E-state index contributed by atoms with van der Waals surface area (Å²) in [4.78, 5) is 17.6. The van der Waals surface area contributed by atoms with Crippen molar-refractivity contribution in [3.05, 3.63) is 65.9 Å². The van der Waals surface area contributed by atoms with Crippen molar-refractivity contribution in [2.24, 2.45) is 0 Å². The van der Waals surface area contributed by atoms with E-state index < -0.39 is 0 Å². The van der Waals surface area contributed by atoms with Gasteiger partial charge >= 0.3 is 0 Å². The molecular weight excluding hydrogens is 364 g/mol. The van der Waals surface area contributed by atoms with Gasteiger partial charge in [0.15, 0.2) is 17.0 Å². The minimum absolute atomic E-state index is 0.377. The Balaban J connectivity index is 1.72. The summed E-state index contributed by atoms with van der Waals surface area (Å²) in [6.45, 7) is 0. The zero-order valence-corrected chi connectivity index (χ0v) is 15.1. The lowest BCUT2D eigenvalue weighted by Crippen LogP contribution is -2.04. The third-order valence-corrected chi connectivity index (χ3v) is 4.07. The molecule has 7 nitrogen and oxygen atoms in total. The summed E-state index contributed by atoms with van der Waals surface area (Å²) in [6.07, 6.45) is 3.20. The molecule has 0 radical (unpaired) electrons. The molecule has 2 aromatic carbocycles. The van der Waals surface area contributed by atoms with E-state index in [2.05, 4.69) is 30.6 Å². The van der Waals surface area contributed by atoms with Gasteiger partial charge in [-0.3, -0.25) is 0 Å². The van der Waals surface area contributed by atoms with Crippen LogP contribution in [0.25, 0.3) is 11.2 Å². The Morgan fingerprint density at radius 3 is 2.48 bits per heavy atom. The summed E-state index contributed by atoms with van der Waals surface area (Å²) in [5.41, 5.74) is 2.68. The molecule has 0 spiro atoms. The molecule has 0 aliphatic rings. The second kappa shape index (κ2) is 7.43. The quantitative estimate of drug-likeness (QED) is 0.526. The third-order valence-electron chi connectivity index (χ3n) is 3.78. The SMILES string of the molecule is COc1ccc(Nc2nc(Nc3ccccc3)c3nccnc3n2)cc1Cl. The number of hydrogen-bond acceptors (Lipinski definition) is 7. The third kappa shape index (κ3) is 3.73. The highest BCUT2D eigenvalue weighted by Crippen LogP contribution is 2.29. The molecular formula is C19H15ClN6O. The number of aromatic nitrogens is 4. The second-order valence-electron chi connectivity index (χ2n) is 5.59. The largest absolute Gasteiger partial charge is 0.495 e. The Morgan fingerprint density at radius 2 is 1.70 bits per heavy atom. The van der Waals surface area contributed by atoms with E-state index in [0.29, 0.717) is 33.7 Å². The van der Waals surface area contributed by atoms with E-state index in [-0.39, 0.29) is 0 Å². The van der Waals surface area contributed by atoms with Gasteiger partial charge in [-0.15, -0.1) is 0 Å². The highest BCUT2D eigenvalue weighted by molar-refractivity contribution is 6.32. The molecule has 4 aromatic rings. The van der Waals surface area contributed by atoms with Crippen LogP contribution in [-0.4, -0.2) is 27.0 Å². The van der Waals surface area contributed by atoms with Crippen LogP contribution in [0, 0.1) is 0 Å². The van der Waals surface area contributed by atoms with Gasteiger partial charge in [0.1, 0.15) is 5.75 Å². The summed E-state index contributed by atoms with van der Waals surface area (Å²) < 4.78 is 5.17. The van der Waals surface area contributed by atoms with Crippen molar-refractivity contribution < 1.29 is 4.74 Å². The molecule has 8 heteroatoms. The fourth-order valence-electron chi connectivity index (χ4n) is 2.54. The number of nitrogens with zero attached hydrogens (tertiary/aromatic N) is 4. The van der Waals surface area contributed by atoms with Gasteiger partial charge in [-0.2, -0.15) is 9.97 Å². The zero-order valence-electron chi connectivity index (χ0n) is 14.3. The Labute approximate surface area is 160 Å². The predicted molar refractivity (Wildman–Crippen MR) is 106 cm³/mol. The Kier molecular flexibility index (Phi) is 4.67. The molecule has 0 atom stereocenters. The summed E-state index contributed by atoms with van der Waals surface area (Å²) in [5, 5.41) is 6.90. The maximum Gasteiger partial charge on any atom is 0.231 e. The summed E-state index contributed by atoms with van der Waals surface area (Å²) >= 11 is 6.19. The number of nitrogens with one attached hydrogen (secondary N) is 2. The second-order valence-corrected chi connectivity index (χ2v) is 6.00. The van der Waals surface area contributed by atoms with Crippen molar-refractivity contribution in [3.8, 4) is 5.75 Å². The van der Waals surface area contributed by atoms with Crippen molar-refractivity contribution in [2.45, 2.75) is 0 Å². The van der Waals surface area contributed by atoms with Gasteiger partial charge in [0, 0.05) is 23.8 Å². The van der Waals surface area contributed by atoms with Gasteiger partial charge in [0.05, 0.1) is 12.1 Å². The predicted octanol–water partition coefficient (Wildman–Crippen LogP) is 4.57. The van der Waals surface area contributed by atoms with Crippen LogP contribution in [0.2, 0.25) is 5.02 Å². The van der Waals surface area contributed by atoms with Crippen molar-refractivity contribution in [2.75, 3.05) is 17.7 Å². The van der Waals surface area contributed by atoms with Crippen LogP contribution in [-0.2, 0) is 0 Å². The van der Waals surface area contributed by atoms with Crippen LogP contribution in [0.4, 0.5) is 23.1 Å². The summed E-state index contributed by atoms with van der Waals surface area (Å²) in [5.74, 6) is 1.53. The zero-order chi connectivity index (χ0) is 18.6. The molecule has 0 bridgehead atoms. The summed E-state index contributed by atoms with van der Waals surface area (Å²) in [6, 6.07) is 15.1. The Bertz CT molecular complexity index is 1090. The van der Waals surface area contributed by atoms with E-state index in [1.165, 1.54) is 0 Å². The normalized spacial score (nSPS) is 10.6. The molecule has 27 heavy (non-hydrogen) atoms. The number of fused-ring (bicyclic) bond motifs is 1. The first-order chi connectivity index (χ1) is 13.2. The van der Waals surface area contributed by atoms with E-state index in [4.69, 9.17) is 16.3 Å². The molecule has 0 amide bonds. The molecule has 134 valence electrons. The molecule has 0 saturated carbocycles. The van der Waals surface area contributed by atoms with Crippen LogP contribution >= 0.6 is 11.6 Å². The number of anilines is 4. The van der Waals surface area contributed by atoms with Crippen LogP contribution in [0.1, 0.15) is 0 Å². The van der Waals surface area contributed by atoms with E-state index in [1.807, 2.05) is 36.4 Å². The lowest BCUT2D eigenvalue weighted by molar-refractivity contribution is 0.415. The van der Waals surface area contributed by atoms with Crippen LogP contribution in [0.3, 0.4) is 0 Å². The highest BCUT2D eigenvalue weighted by atomic mass is 35.5. The molecule has 2 aromatic heterocycles. The Morgan fingerprint density at radius 1 is 0.889 bits per heavy atom. The number of rotatable bonds is 5. The lowest BCUT2D eigenvalue weighted by Gasteiger charge is -2.11. The number of hydrogen-bond donors (Lipinski definition) is 2. The first-order valence-electron chi connectivity index (χ1n) is 8.14. The van der Waals surface area contributed by atoms with Gasteiger partial charge < -0.3 is 15.4 Å². The van der Waals surface area contributed by atoms with Gasteiger partial charge in [-0.25, -0.2) is 9.97 Å². The Hall–Kier alpha value is -3.45. The number of methoxy groups -OCH3 is 1. The van der Waals surface area contributed by atoms with Crippen LogP contribution in [0.15, 0.2) is 60.9 Å². The molecule has 0 saturated heterocycles. The van der Waals surface area contributed by atoms with Crippen LogP contribution in [0.5, 0.6) is 5.75 Å². The van der Waals surface area contributed by atoms with Gasteiger partial charge in [-0.05, 0) is 30.3 Å². The number of benzene rings is 2.